The standard InChI is InChI=1S/C27H38N6O/c1-3-31(4-2)13-8-12-29-26-24(19-28)23-11-14-32(20-22-9-6-5-7-10-22)21-25(23)27(30-26)33-15-17-34-18-16-33/h5-7,9-10H,3-4,8,11-18,20-21H2,1-2H3,(H,29,30). The summed E-state index contributed by atoms with van der Waals surface area (Å²) >= 11 is 0. The molecule has 3 heterocycles. The molecule has 7 nitrogen and oxygen atoms in total. The Kier molecular flexibility index (Phi) is 8.75. The van der Waals surface area contributed by atoms with E-state index in [-0.39, 0.29) is 0 Å². The van der Waals surface area contributed by atoms with Crippen LogP contribution in [-0.2, 0) is 24.2 Å². The molecule has 0 saturated carbocycles. The lowest BCUT2D eigenvalue weighted by Crippen LogP contribution is -2.39. The van der Waals surface area contributed by atoms with E-state index in [1.54, 1.807) is 0 Å². The van der Waals surface area contributed by atoms with E-state index in [4.69, 9.17) is 9.72 Å². The fourth-order valence-electron chi connectivity index (χ4n) is 4.98. The van der Waals surface area contributed by atoms with Crippen molar-refractivity contribution in [2.45, 2.75) is 39.8 Å². The molecule has 0 unspecified atom stereocenters. The van der Waals surface area contributed by atoms with Crippen molar-refractivity contribution in [3.05, 3.63) is 52.6 Å². The number of nitrogens with one attached hydrogen (secondary N) is 1. The number of aromatic nitrogens is 1. The Hall–Kier alpha value is -2.66. The molecule has 182 valence electrons. The Balaban J connectivity index is 1.57. The molecule has 1 aromatic heterocycles. The van der Waals surface area contributed by atoms with E-state index in [1.807, 2.05) is 0 Å². The van der Waals surface area contributed by atoms with Gasteiger partial charge in [-0.25, -0.2) is 4.98 Å². The predicted molar refractivity (Wildman–Crippen MR) is 137 cm³/mol. The van der Waals surface area contributed by atoms with Crippen LogP contribution in [0.4, 0.5) is 11.6 Å². The van der Waals surface area contributed by atoms with Gasteiger partial charge in [0, 0.05) is 44.8 Å². The minimum atomic E-state index is 0.719. The van der Waals surface area contributed by atoms with Crippen LogP contribution in [0.1, 0.15) is 42.5 Å². The van der Waals surface area contributed by atoms with Crippen molar-refractivity contribution in [1.82, 2.24) is 14.8 Å². The first-order valence-electron chi connectivity index (χ1n) is 12.7. The van der Waals surface area contributed by atoms with Crippen LogP contribution in [0.2, 0.25) is 0 Å². The number of rotatable bonds is 10. The zero-order valence-corrected chi connectivity index (χ0v) is 20.7. The number of morpholine rings is 1. The number of anilines is 2. The lowest BCUT2D eigenvalue weighted by molar-refractivity contribution is 0.122. The molecule has 1 saturated heterocycles. The fourth-order valence-corrected chi connectivity index (χ4v) is 4.98. The second-order valence-electron chi connectivity index (χ2n) is 9.08. The molecule has 7 heteroatoms. The number of nitriles is 1. The third-order valence-corrected chi connectivity index (χ3v) is 6.96. The summed E-state index contributed by atoms with van der Waals surface area (Å²) in [6.07, 6.45) is 1.90. The van der Waals surface area contributed by atoms with Gasteiger partial charge < -0.3 is 19.9 Å². The summed E-state index contributed by atoms with van der Waals surface area (Å²) in [6, 6.07) is 13.1. The predicted octanol–water partition coefficient (Wildman–Crippen LogP) is 3.49. The summed E-state index contributed by atoms with van der Waals surface area (Å²) < 4.78 is 5.61. The smallest absolute Gasteiger partial charge is 0.146 e. The fraction of sp³-hybridized carbons (Fsp3) is 0.556. The topological polar surface area (TPSA) is 67.7 Å². The monoisotopic (exact) mass is 462 g/mol. The van der Waals surface area contributed by atoms with Gasteiger partial charge in [0.25, 0.3) is 0 Å². The maximum absolute atomic E-state index is 10.1. The third-order valence-electron chi connectivity index (χ3n) is 6.96. The maximum Gasteiger partial charge on any atom is 0.146 e. The molecule has 2 aromatic rings. The van der Waals surface area contributed by atoms with E-state index in [0.717, 1.165) is 102 Å². The average molecular weight is 463 g/mol. The lowest BCUT2D eigenvalue weighted by atomic mass is 9.94. The first-order valence-corrected chi connectivity index (χ1v) is 12.7. The normalized spacial score (nSPS) is 16.4. The number of pyridine rings is 1. The van der Waals surface area contributed by atoms with Gasteiger partial charge in [-0.05, 0) is 43.6 Å². The maximum atomic E-state index is 10.1. The molecule has 2 aliphatic heterocycles. The van der Waals surface area contributed by atoms with Crippen molar-refractivity contribution in [3.63, 3.8) is 0 Å². The molecule has 0 bridgehead atoms. The number of hydrogen-bond acceptors (Lipinski definition) is 7. The van der Waals surface area contributed by atoms with Gasteiger partial charge in [0.2, 0.25) is 0 Å². The molecule has 0 amide bonds. The number of nitrogens with zero attached hydrogens (tertiary/aromatic N) is 5. The quantitative estimate of drug-likeness (QED) is 0.542. The van der Waals surface area contributed by atoms with Crippen LogP contribution in [0.15, 0.2) is 30.3 Å². The highest BCUT2D eigenvalue weighted by atomic mass is 16.5. The van der Waals surface area contributed by atoms with Gasteiger partial charge in [0.15, 0.2) is 0 Å². The Morgan fingerprint density at radius 3 is 2.56 bits per heavy atom. The summed E-state index contributed by atoms with van der Waals surface area (Å²) in [4.78, 5) is 12.3. The molecule has 0 aliphatic carbocycles. The highest BCUT2D eigenvalue weighted by Crippen LogP contribution is 2.34. The minimum absolute atomic E-state index is 0.719. The number of fused-ring (bicyclic) bond motifs is 1. The van der Waals surface area contributed by atoms with Crippen LogP contribution in [0.25, 0.3) is 0 Å². The van der Waals surface area contributed by atoms with Crippen LogP contribution in [0.3, 0.4) is 0 Å². The van der Waals surface area contributed by atoms with Gasteiger partial charge in [-0.2, -0.15) is 5.26 Å². The van der Waals surface area contributed by atoms with Gasteiger partial charge in [-0.15, -0.1) is 0 Å². The van der Waals surface area contributed by atoms with Gasteiger partial charge in [0.05, 0.1) is 18.8 Å². The van der Waals surface area contributed by atoms with Crippen LogP contribution >= 0.6 is 0 Å². The van der Waals surface area contributed by atoms with E-state index in [0.29, 0.717) is 0 Å². The molecule has 0 radical (unpaired) electrons. The second-order valence-corrected chi connectivity index (χ2v) is 9.08. The van der Waals surface area contributed by atoms with E-state index in [2.05, 4.69) is 70.3 Å². The first-order chi connectivity index (χ1) is 16.7. The molecule has 1 aromatic carbocycles. The first kappa shape index (κ1) is 24.5. The molecule has 1 fully saturated rings. The van der Waals surface area contributed by atoms with Crippen LogP contribution in [-0.4, -0.2) is 73.8 Å². The summed E-state index contributed by atoms with van der Waals surface area (Å²) in [6.45, 7) is 14.2. The van der Waals surface area contributed by atoms with Crippen LogP contribution in [0, 0.1) is 11.3 Å². The van der Waals surface area contributed by atoms with Crippen molar-refractivity contribution >= 4 is 11.6 Å². The highest BCUT2D eigenvalue weighted by molar-refractivity contribution is 5.67. The largest absolute Gasteiger partial charge is 0.378 e. The number of hydrogen-bond donors (Lipinski definition) is 1. The molecule has 1 N–H and O–H groups in total. The van der Waals surface area contributed by atoms with Crippen molar-refractivity contribution < 1.29 is 4.74 Å². The van der Waals surface area contributed by atoms with E-state index < -0.39 is 0 Å². The molecule has 4 rings (SSSR count). The summed E-state index contributed by atoms with van der Waals surface area (Å²) in [5.41, 5.74) is 4.44. The van der Waals surface area contributed by atoms with E-state index in [9.17, 15) is 5.26 Å². The van der Waals surface area contributed by atoms with Gasteiger partial charge in [-0.3, -0.25) is 4.90 Å². The molecule has 2 aliphatic rings. The molecular weight excluding hydrogens is 424 g/mol. The van der Waals surface area contributed by atoms with E-state index >= 15 is 0 Å². The lowest BCUT2D eigenvalue weighted by Gasteiger charge is -2.35. The van der Waals surface area contributed by atoms with Crippen LogP contribution in [0.5, 0.6) is 0 Å². The molecule has 0 spiro atoms. The number of benzene rings is 1. The summed E-state index contributed by atoms with van der Waals surface area (Å²) in [7, 11) is 0. The Bertz CT molecular complexity index is 963. The van der Waals surface area contributed by atoms with Crippen molar-refractivity contribution in [3.8, 4) is 6.07 Å². The zero-order valence-electron chi connectivity index (χ0n) is 20.7. The number of ether oxygens (including phenoxy) is 1. The average Bonchev–Trinajstić information content (AvgIpc) is 2.89. The van der Waals surface area contributed by atoms with Gasteiger partial charge >= 0.3 is 0 Å². The van der Waals surface area contributed by atoms with Gasteiger partial charge in [0.1, 0.15) is 17.7 Å². The van der Waals surface area contributed by atoms with Crippen LogP contribution < -0.4 is 10.2 Å². The van der Waals surface area contributed by atoms with Crippen molar-refractivity contribution in [2.24, 2.45) is 0 Å². The molecule has 34 heavy (non-hydrogen) atoms. The summed E-state index contributed by atoms with van der Waals surface area (Å²) in [5.74, 6) is 1.78. The van der Waals surface area contributed by atoms with Crippen molar-refractivity contribution in [1.29, 1.82) is 5.26 Å². The molecular formula is C27H38N6O. The SMILES string of the molecule is CCN(CC)CCCNc1nc(N2CCOCC2)c2c(c1C#N)CCN(Cc1ccccc1)C2. The summed E-state index contributed by atoms with van der Waals surface area (Å²) in [5, 5.41) is 13.6. The van der Waals surface area contributed by atoms with Crippen molar-refractivity contribution in [2.75, 3.05) is 69.2 Å². The second kappa shape index (κ2) is 12.2. The third kappa shape index (κ3) is 5.87. The Morgan fingerprint density at radius 2 is 1.85 bits per heavy atom. The Labute approximate surface area is 204 Å². The zero-order chi connectivity index (χ0) is 23.8. The Morgan fingerprint density at radius 1 is 1.09 bits per heavy atom. The van der Waals surface area contributed by atoms with E-state index in [1.165, 1.54) is 16.7 Å². The molecule has 0 atom stereocenters. The minimum Gasteiger partial charge on any atom is -0.378 e. The highest BCUT2D eigenvalue weighted by Gasteiger charge is 2.28. The van der Waals surface area contributed by atoms with Gasteiger partial charge in [-0.1, -0.05) is 44.2 Å².